The van der Waals surface area contributed by atoms with E-state index in [1.165, 1.54) is 16.8 Å². The molecule has 5 atom stereocenters. The maximum atomic E-state index is 12.5. The monoisotopic (exact) mass is 585 g/mol. The molecule has 1 aliphatic rings. The van der Waals surface area contributed by atoms with Gasteiger partial charge < -0.3 is 23.3 Å². The van der Waals surface area contributed by atoms with Crippen LogP contribution in [0.4, 0.5) is 0 Å². The standard InChI is InChI=1S/C29H36N3O8P/c1-18(2)38-28(34)20(4)31-41(40-24-12-8-22(9-13-24)21-6-10-23(36-5)11-7-21)37-17-25-16-19(3)27(39-25)32-15-14-26(33)30-29(32)35/h6-15,18-20,25,27,31H,16-17H2,1-5H3,(H,30,33,35)/t19?,20-,25?,27?,41?/m0/s1. The molecule has 0 aliphatic carbocycles. The topological polar surface area (TPSA) is 130 Å². The van der Waals surface area contributed by atoms with Crippen molar-refractivity contribution in [2.45, 2.75) is 58.6 Å². The van der Waals surface area contributed by atoms with E-state index >= 15 is 0 Å². The lowest BCUT2D eigenvalue weighted by Gasteiger charge is -2.24. The Bertz CT molecular complexity index is 1410. The van der Waals surface area contributed by atoms with Gasteiger partial charge in [-0.1, -0.05) is 31.2 Å². The number of benzene rings is 2. The molecule has 2 aromatic carbocycles. The number of esters is 1. The molecule has 12 heteroatoms. The summed E-state index contributed by atoms with van der Waals surface area (Å²) in [4.78, 5) is 38.5. The van der Waals surface area contributed by atoms with Gasteiger partial charge in [-0.05, 0) is 62.6 Å². The molecule has 11 nitrogen and oxygen atoms in total. The van der Waals surface area contributed by atoms with E-state index in [9.17, 15) is 14.4 Å². The number of hydrogen-bond acceptors (Lipinski definition) is 9. The Morgan fingerprint density at radius 1 is 1.05 bits per heavy atom. The highest BCUT2D eigenvalue weighted by atomic mass is 31.2. The molecule has 0 saturated carbocycles. The van der Waals surface area contributed by atoms with E-state index in [0.717, 1.165) is 16.9 Å². The summed E-state index contributed by atoms with van der Waals surface area (Å²) < 4.78 is 30.3. The molecule has 1 aliphatic heterocycles. The third-order valence-corrected chi connectivity index (χ3v) is 7.79. The Hall–Kier alpha value is -3.50. The number of H-pyrrole nitrogens is 1. The van der Waals surface area contributed by atoms with Gasteiger partial charge >= 0.3 is 20.2 Å². The molecule has 0 bridgehead atoms. The van der Waals surface area contributed by atoms with Crippen LogP contribution < -0.4 is 25.6 Å². The lowest BCUT2D eigenvalue weighted by atomic mass is 10.1. The summed E-state index contributed by atoms with van der Waals surface area (Å²) in [6.45, 7) is 7.38. The predicted octanol–water partition coefficient (Wildman–Crippen LogP) is 4.39. The third-order valence-electron chi connectivity index (χ3n) is 6.43. The average Bonchev–Trinajstić information content (AvgIpc) is 3.31. The van der Waals surface area contributed by atoms with Crippen molar-refractivity contribution in [2.24, 2.45) is 5.92 Å². The second kappa shape index (κ2) is 13.9. The van der Waals surface area contributed by atoms with Gasteiger partial charge in [-0.2, -0.15) is 0 Å². The molecule has 2 heterocycles. The SMILES string of the molecule is COc1ccc(-c2ccc(OP(N[C@@H](C)C(=O)OC(C)C)OCC3CC(C)C(n4ccc(=O)[nH]c4=O)O3)cc2)cc1. The molecule has 2 N–H and O–H groups in total. The number of carbonyl (C=O) groups excluding carboxylic acids is 1. The number of ether oxygens (including phenoxy) is 3. The minimum absolute atomic E-state index is 0.00208. The van der Waals surface area contributed by atoms with E-state index in [0.29, 0.717) is 12.2 Å². The average molecular weight is 586 g/mol. The molecule has 0 radical (unpaired) electrons. The quantitative estimate of drug-likeness (QED) is 0.235. The Kier molecular flexibility index (Phi) is 10.3. The minimum atomic E-state index is -1.78. The normalized spacial score (nSPS) is 20.0. The number of hydrogen-bond donors (Lipinski definition) is 2. The van der Waals surface area contributed by atoms with Gasteiger partial charge in [0.1, 0.15) is 23.8 Å². The highest BCUT2D eigenvalue weighted by Gasteiger charge is 2.35. The van der Waals surface area contributed by atoms with Crippen molar-refractivity contribution in [2.75, 3.05) is 13.7 Å². The summed E-state index contributed by atoms with van der Waals surface area (Å²) in [6, 6.07) is 15.9. The number of nitrogens with zero attached hydrogens (tertiary/aromatic N) is 1. The van der Waals surface area contributed by atoms with Crippen molar-refractivity contribution in [1.29, 1.82) is 0 Å². The number of aromatic nitrogens is 2. The second-order valence-electron chi connectivity index (χ2n) is 10.1. The molecule has 1 saturated heterocycles. The molecule has 1 fully saturated rings. The molecule has 4 unspecified atom stereocenters. The van der Waals surface area contributed by atoms with Crippen LogP contribution in [0.5, 0.6) is 11.5 Å². The highest BCUT2D eigenvalue weighted by molar-refractivity contribution is 7.45. The molecule has 0 spiro atoms. The van der Waals surface area contributed by atoms with E-state index in [-0.39, 0.29) is 24.7 Å². The van der Waals surface area contributed by atoms with Crippen LogP contribution in [0.25, 0.3) is 11.1 Å². The van der Waals surface area contributed by atoms with Crippen molar-refractivity contribution in [3.05, 3.63) is 81.6 Å². The van der Waals surface area contributed by atoms with Crippen LogP contribution in [0.1, 0.15) is 40.3 Å². The Morgan fingerprint density at radius 3 is 2.27 bits per heavy atom. The van der Waals surface area contributed by atoms with Crippen molar-refractivity contribution in [1.82, 2.24) is 14.6 Å². The summed E-state index contributed by atoms with van der Waals surface area (Å²) in [5.74, 6) is 0.921. The largest absolute Gasteiger partial charge is 0.497 e. The Morgan fingerprint density at radius 2 is 1.68 bits per heavy atom. The molecule has 3 aromatic rings. The van der Waals surface area contributed by atoms with Gasteiger partial charge in [0, 0.05) is 18.2 Å². The van der Waals surface area contributed by atoms with Gasteiger partial charge in [0.2, 0.25) is 0 Å². The number of rotatable bonds is 12. The van der Waals surface area contributed by atoms with Gasteiger partial charge in [-0.3, -0.25) is 19.1 Å². The van der Waals surface area contributed by atoms with Crippen LogP contribution in [-0.2, 0) is 18.8 Å². The number of methoxy groups -OCH3 is 1. The molecule has 4 rings (SSSR count). The van der Waals surface area contributed by atoms with Gasteiger partial charge in [-0.25, -0.2) is 9.88 Å². The lowest BCUT2D eigenvalue weighted by Crippen LogP contribution is -2.35. The zero-order chi connectivity index (χ0) is 29.5. The fraction of sp³-hybridized carbons (Fsp3) is 0.414. The fourth-order valence-electron chi connectivity index (χ4n) is 4.37. The Balaban J connectivity index is 1.43. The molecule has 41 heavy (non-hydrogen) atoms. The van der Waals surface area contributed by atoms with Gasteiger partial charge in [0.25, 0.3) is 5.56 Å². The van der Waals surface area contributed by atoms with Gasteiger partial charge in [0.05, 0.1) is 25.9 Å². The van der Waals surface area contributed by atoms with Crippen molar-refractivity contribution >= 4 is 14.5 Å². The van der Waals surface area contributed by atoms with Gasteiger partial charge in [-0.15, -0.1) is 0 Å². The maximum Gasteiger partial charge on any atom is 0.330 e. The highest BCUT2D eigenvalue weighted by Crippen LogP contribution is 2.40. The first-order valence-electron chi connectivity index (χ1n) is 13.4. The molecular weight excluding hydrogens is 549 g/mol. The second-order valence-corrected chi connectivity index (χ2v) is 11.3. The van der Waals surface area contributed by atoms with Gasteiger partial charge in [0.15, 0.2) is 0 Å². The van der Waals surface area contributed by atoms with E-state index < -0.39 is 38.0 Å². The van der Waals surface area contributed by atoms with E-state index in [2.05, 4.69) is 10.1 Å². The van der Waals surface area contributed by atoms with Crippen LogP contribution in [0.3, 0.4) is 0 Å². The van der Waals surface area contributed by atoms with Crippen LogP contribution >= 0.6 is 8.53 Å². The van der Waals surface area contributed by atoms with Crippen molar-refractivity contribution in [3.8, 4) is 22.6 Å². The van der Waals surface area contributed by atoms with Crippen LogP contribution in [0.15, 0.2) is 70.4 Å². The summed E-state index contributed by atoms with van der Waals surface area (Å²) in [5, 5.41) is 3.10. The fourth-order valence-corrected chi connectivity index (χ4v) is 5.58. The predicted molar refractivity (Wildman–Crippen MR) is 155 cm³/mol. The number of carbonyl (C=O) groups is 1. The van der Waals surface area contributed by atoms with Crippen molar-refractivity contribution in [3.63, 3.8) is 0 Å². The summed E-state index contributed by atoms with van der Waals surface area (Å²) in [5.41, 5.74) is 1.04. The lowest BCUT2D eigenvalue weighted by molar-refractivity contribution is -0.149. The first-order chi connectivity index (χ1) is 19.6. The maximum absolute atomic E-state index is 12.5. The zero-order valence-electron chi connectivity index (χ0n) is 23.7. The zero-order valence-corrected chi connectivity index (χ0v) is 24.6. The van der Waals surface area contributed by atoms with Crippen LogP contribution in [0.2, 0.25) is 0 Å². The molecular formula is C29H36N3O8P. The molecule has 0 amide bonds. The van der Waals surface area contributed by atoms with Crippen LogP contribution in [-0.4, -0.2) is 47.5 Å². The summed E-state index contributed by atoms with van der Waals surface area (Å²) >= 11 is 0. The molecule has 1 aromatic heterocycles. The van der Waals surface area contributed by atoms with E-state index in [4.69, 9.17) is 23.3 Å². The minimum Gasteiger partial charge on any atom is -0.497 e. The summed E-state index contributed by atoms with van der Waals surface area (Å²) in [6.07, 6.45) is 0.923. The number of nitrogens with one attached hydrogen (secondary N) is 2. The molecule has 220 valence electrons. The Labute approximate surface area is 239 Å². The smallest absolute Gasteiger partial charge is 0.330 e. The summed E-state index contributed by atoms with van der Waals surface area (Å²) in [7, 11) is -0.148. The van der Waals surface area contributed by atoms with Crippen molar-refractivity contribution < 1.29 is 28.1 Å². The van der Waals surface area contributed by atoms with Crippen LogP contribution in [0, 0.1) is 5.92 Å². The third kappa shape index (κ3) is 8.27. The van der Waals surface area contributed by atoms with E-state index in [1.807, 2.05) is 55.5 Å². The number of aromatic amines is 1. The first-order valence-corrected chi connectivity index (χ1v) is 14.6. The van der Waals surface area contributed by atoms with E-state index in [1.54, 1.807) is 27.9 Å². The first kappa shape index (κ1) is 30.5.